The summed E-state index contributed by atoms with van der Waals surface area (Å²) in [5, 5.41) is 7.29. The van der Waals surface area contributed by atoms with Crippen molar-refractivity contribution in [3.63, 3.8) is 0 Å². The summed E-state index contributed by atoms with van der Waals surface area (Å²) in [6, 6.07) is 0. The molecule has 0 heterocycles. The fourth-order valence-electron chi connectivity index (χ4n) is 8.90. The first-order valence-corrected chi connectivity index (χ1v) is 29.6. The van der Waals surface area contributed by atoms with Crippen LogP contribution < -0.4 is 0 Å². The molecule has 0 aromatic rings. The van der Waals surface area contributed by atoms with E-state index in [-0.39, 0.29) is 36.0 Å². The number of alkyl halides is 2. The molecule has 0 aromatic carbocycles. The minimum Gasteiger partial charge on any atom is -0.463 e. The molecule has 69 heavy (non-hydrogen) atoms. The quantitative estimate of drug-likeness (QED) is 0.00915. The van der Waals surface area contributed by atoms with E-state index in [0.29, 0.717) is 99.4 Å². The van der Waals surface area contributed by atoms with E-state index >= 15 is 0 Å². The lowest BCUT2D eigenvalue weighted by Crippen LogP contribution is -2.20. The van der Waals surface area contributed by atoms with Crippen LogP contribution in [0.15, 0.2) is 24.3 Å². The lowest BCUT2D eigenvalue weighted by atomic mass is 9.83. The van der Waals surface area contributed by atoms with Crippen molar-refractivity contribution in [1.29, 1.82) is 0 Å². The Hall–Kier alpha value is -1.76. The molecular formula is C55H94I2O12. The van der Waals surface area contributed by atoms with Crippen LogP contribution in [0.4, 0.5) is 0 Å². The Labute approximate surface area is 445 Å². The van der Waals surface area contributed by atoms with Crippen molar-refractivity contribution < 1.29 is 57.9 Å². The molecule has 0 bridgehead atoms. The fourth-order valence-corrected chi connectivity index (χ4v) is 10.8. The van der Waals surface area contributed by atoms with Crippen molar-refractivity contribution in [3.8, 4) is 0 Å². The molecule has 0 aromatic heterocycles. The second-order valence-corrected chi connectivity index (χ2v) is 21.0. The summed E-state index contributed by atoms with van der Waals surface area (Å²) in [4.78, 5) is 73.1. The highest BCUT2D eigenvalue weighted by atomic mass is 127. The first-order valence-electron chi connectivity index (χ1n) is 26.5. The van der Waals surface area contributed by atoms with Gasteiger partial charge in [0.15, 0.2) is 0 Å². The molecule has 400 valence electrons. The van der Waals surface area contributed by atoms with Crippen molar-refractivity contribution in [2.75, 3.05) is 35.3 Å². The van der Waals surface area contributed by atoms with Gasteiger partial charge in [-0.2, -0.15) is 5.26 Å². The molecular weight excluding hydrogens is 1110 g/mol. The number of carbonyl (C=O) groups excluding carboxylic acids is 6. The van der Waals surface area contributed by atoms with Gasteiger partial charge in [-0.15, -0.1) is 0 Å². The minimum absolute atomic E-state index is 0.0546. The van der Waals surface area contributed by atoms with Gasteiger partial charge in [0.05, 0.1) is 25.4 Å². The van der Waals surface area contributed by atoms with Crippen LogP contribution in [0.5, 0.6) is 0 Å². The molecule has 2 aliphatic rings. The number of ether oxygens (including phenoxy) is 4. The van der Waals surface area contributed by atoms with E-state index in [2.05, 4.69) is 88.2 Å². The van der Waals surface area contributed by atoms with Gasteiger partial charge >= 0.3 is 17.9 Å². The van der Waals surface area contributed by atoms with Gasteiger partial charge in [-0.05, 0) is 116 Å². The van der Waals surface area contributed by atoms with Gasteiger partial charge in [-0.3, -0.25) is 24.0 Å². The number of rotatable bonds is 37. The summed E-state index contributed by atoms with van der Waals surface area (Å²) < 4.78 is 23.8. The van der Waals surface area contributed by atoms with Gasteiger partial charge in [-0.1, -0.05) is 135 Å². The molecule has 4 unspecified atom stereocenters. The Morgan fingerprint density at radius 2 is 1.01 bits per heavy atom. The highest BCUT2D eigenvalue weighted by molar-refractivity contribution is 14.1. The first kappa shape index (κ1) is 67.2. The molecule has 0 aliphatic heterocycles. The van der Waals surface area contributed by atoms with Gasteiger partial charge in [0.25, 0.3) is 0 Å². The summed E-state index contributed by atoms with van der Waals surface area (Å²) in [6.45, 7) is 15.8. The fraction of sp³-hybridized carbons (Fsp3) is 0.818. The van der Waals surface area contributed by atoms with Crippen LogP contribution in [-0.2, 0) is 52.6 Å². The van der Waals surface area contributed by atoms with Crippen molar-refractivity contribution in [2.24, 2.45) is 35.5 Å². The van der Waals surface area contributed by atoms with Gasteiger partial charge in [0.2, 0.25) is 0 Å². The number of hydrogen-bond donors (Lipinski definition) is 1. The molecule has 12 nitrogen and oxygen atoms in total. The van der Waals surface area contributed by atoms with Crippen LogP contribution >= 0.6 is 45.2 Å². The standard InChI is InChI=1S/C27H47IO5.C26H43IO4.C2H4O3/c1-4-5-6-9-12-16-31-18-19-32-17-15-24-23(21-28)20-26(29)25(24)13-10-7-8-11-14-27(30)33-22(2)3;1-4-5-6-7-10-13-22(28)16-17-23-21(19-27)18-25(29)24(23)14-11-8-9-12-15-26(30)31-20(2)3;1-2(3)5-4/h7,10,22-25H,4-6,8-9,11-21H2,1-3H3;8,11,20-21,23-24H,4-7,9-10,12-19H2,1-3H3;4H,1H3/t23?,24-,25?;21?,23-,24?;/m00./s1. The molecule has 0 saturated heterocycles. The smallest absolute Gasteiger partial charge is 0.339 e. The Morgan fingerprint density at radius 1 is 0.580 bits per heavy atom. The zero-order valence-electron chi connectivity index (χ0n) is 43.8. The van der Waals surface area contributed by atoms with Crippen LogP contribution in [-0.4, -0.2) is 88.0 Å². The van der Waals surface area contributed by atoms with E-state index in [9.17, 15) is 28.8 Å². The summed E-state index contributed by atoms with van der Waals surface area (Å²) >= 11 is 4.80. The summed E-state index contributed by atoms with van der Waals surface area (Å²) in [5.41, 5.74) is 0. The largest absolute Gasteiger partial charge is 0.463 e. The minimum atomic E-state index is -0.690. The molecule has 6 atom stereocenters. The van der Waals surface area contributed by atoms with Crippen LogP contribution in [0.25, 0.3) is 0 Å². The molecule has 14 heteroatoms. The second-order valence-electron chi connectivity index (χ2n) is 19.2. The Bertz CT molecular complexity index is 1430. The lowest BCUT2D eigenvalue weighted by molar-refractivity contribution is -0.231. The van der Waals surface area contributed by atoms with Gasteiger partial charge in [0, 0.05) is 79.4 Å². The van der Waals surface area contributed by atoms with Gasteiger partial charge < -0.3 is 23.8 Å². The molecule has 2 rings (SSSR count). The predicted molar refractivity (Wildman–Crippen MR) is 293 cm³/mol. The highest BCUT2D eigenvalue weighted by Gasteiger charge is 2.41. The second kappa shape index (κ2) is 44.9. The lowest BCUT2D eigenvalue weighted by Gasteiger charge is -2.22. The van der Waals surface area contributed by atoms with Crippen molar-refractivity contribution >= 4 is 80.4 Å². The average molecular weight is 1200 g/mol. The number of hydrogen-bond acceptors (Lipinski definition) is 12. The summed E-state index contributed by atoms with van der Waals surface area (Å²) in [5.74, 6) is 1.94. The Balaban J connectivity index is 0.00000122. The van der Waals surface area contributed by atoms with E-state index in [1.165, 1.54) is 44.9 Å². The third kappa shape index (κ3) is 35.9. The number of allylic oxidation sites excluding steroid dienone is 4. The van der Waals surface area contributed by atoms with Crippen LogP contribution in [0, 0.1) is 35.5 Å². The van der Waals surface area contributed by atoms with E-state index in [4.69, 9.17) is 24.2 Å². The molecule has 0 amide bonds. The normalized spacial score (nSPS) is 20.1. The molecule has 0 spiro atoms. The molecule has 1 N–H and O–H groups in total. The maximum atomic E-state index is 12.6. The van der Waals surface area contributed by atoms with E-state index in [1.54, 1.807) is 0 Å². The third-order valence-corrected chi connectivity index (χ3v) is 14.8. The summed E-state index contributed by atoms with van der Waals surface area (Å²) in [6.07, 6.45) is 30.6. The van der Waals surface area contributed by atoms with Gasteiger partial charge in [-0.25, -0.2) is 4.79 Å². The van der Waals surface area contributed by atoms with Crippen LogP contribution in [0.3, 0.4) is 0 Å². The van der Waals surface area contributed by atoms with E-state index in [0.717, 1.165) is 93.0 Å². The number of unbranched alkanes of at least 4 members (excludes halogenated alkanes) is 10. The maximum Gasteiger partial charge on any atom is 0.339 e. The average Bonchev–Trinajstić information content (AvgIpc) is 3.79. The zero-order chi connectivity index (χ0) is 51.7. The third-order valence-electron chi connectivity index (χ3n) is 12.5. The number of esters is 2. The van der Waals surface area contributed by atoms with Crippen molar-refractivity contribution in [1.82, 2.24) is 0 Å². The molecule has 0 radical (unpaired) electrons. The van der Waals surface area contributed by atoms with Crippen LogP contribution in [0.1, 0.15) is 203 Å². The van der Waals surface area contributed by atoms with Crippen molar-refractivity contribution in [2.45, 2.75) is 215 Å². The summed E-state index contributed by atoms with van der Waals surface area (Å²) in [7, 11) is 0. The monoisotopic (exact) mass is 1200 g/mol. The predicted octanol–water partition coefficient (Wildman–Crippen LogP) is 13.7. The number of halogens is 2. The number of Topliss-reactive ketones (excluding diaryl/α,β-unsaturated/α-hetero) is 3. The highest BCUT2D eigenvalue weighted by Crippen LogP contribution is 2.41. The number of ketones is 3. The SMILES string of the molecule is CC(=O)OO.CCCCCCCC(=O)CC[C@H]1C(CI)CC(=O)C1CC=CCCCC(=O)OC(C)C.CCCCCCCOCCOCC[C@H]1C(CI)CC(=O)C1CC=CCCCC(=O)OC(C)C. The first-order chi connectivity index (χ1) is 33.1. The van der Waals surface area contributed by atoms with E-state index < -0.39 is 5.97 Å². The van der Waals surface area contributed by atoms with Crippen LogP contribution in [0.2, 0.25) is 0 Å². The molecule has 2 fully saturated rings. The topological polar surface area (TPSA) is 169 Å². The van der Waals surface area contributed by atoms with Gasteiger partial charge in [0.1, 0.15) is 17.3 Å². The van der Waals surface area contributed by atoms with E-state index in [1.807, 2.05) is 27.7 Å². The Kier molecular flexibility index (Phi) is 43.8. The molecule has 2 aliphatic carbocycles. The number of carbonyl (C=O) groups is 6. The van der Waals surface area contributed by atoms with Crippen molar-refractivity contribution in [3.05, 3.63) is 24.3 Å². The maximum absolute atomic E-state index is 12.6. The molecule has 2 saturated carbocycles. The Morgan fingerprint density at radius 3 is 1.45 bits per heavy atom. The zero-order valence-corrected chi connectivity index (χ0v) is 48.2.